The van der Waals surface area contributed by atoms with Gasteiger partial charge in [0.1, 0.15) is 18.2 Å². The minimum atomic E-state index is -1.34. The van der Waals surface area contributed by atoms with Crippen LogP contribution in [0.5, 0.6) is 5.75 Å². The van der Waals surface area contributed by atoms with E-state index in [0.29, 0.717) is 12.3 Å². The maximum absolute atomic E-state index is 14.7. The number of aromatic nitrogens is 2. The number of hydrogen-bond donors (Lipinski definition) is 2. The van der Waals surface area contributed by atoms with Crippen LogP contribution >= 0.6 is 11.6 Å². The summed E-state index contributed by atoms with van der Waals surface area (Å²) in [6.45, 7) is 7.96. The van der Waals surface area contributed by atoms with Gasteiger partial charge in [-0.05, 0) is 42.9 Å². The van der Waals surface area contributed by atoms with Crippen molar-refractivity contribution in [2.24, 2.45) is 0 Å². The molecule has 2 heterocycles. The van der Waals surface area contributed by atoms with Crippen LogP contribution in [0.4, 0.5) is 31.0 Å². The van der Waals surface area contributed by atoms with Gasteiger partial charge in [-0.3, -0.25) is 9.80 Å². The highest BCUT2D eigenvalue weighted by molar-refractivity contribution is 6.30. The van der Waals surface area contributed by atoms with Crippen molar-refractivity contribution in [3.05, 3.63) is 70.9 Å². The van der Waals surface area contributed by atoms with Crippen LogP contribution in [0.2, 0.25) is 5.02 Å². The van der Waals surface area contributed by atoms with Crippen molar-refractivity contribution in [3.8, 4) is 5.75 Å². The second-order valence-corrected chi connectivity index (χ2v) is 9.17. The monoisotopic (exact) mass is 546 g/mol. The first-order chi connectivity index (χ1) is 18.3. The number of likely N-dealkylation sites (N-methyl/N-ethyl adjacent to an activating group) is 1. The number of nitrogens with one attached hydrogen (secondary N) is 1. The number of carboxylic acid groups (broad SMARTS) is 1. The highest BCUT2D eigenvalue weighted by atomic mass is 35.5. The summed E-state index contributed by atoms with van der Waals surface area (Å²) in [5.74, 6) is -0.956. The van der Waals surface area contributed by atoms with Crippen molar-refractivity contribution in [1.82, 2.24) is 19.8 Å². The molecule has 3 aromatic rings. The molecule has 1 aromatic heterocycles. The summed E-state index contributed by atoms with van der Waals surface area (Å²) in [7, 11) is 0. The number of ether oxygens (including phenoxy) is 1. The highest BCUT2D eigenvalue weighted by Crippen LogP contribution is 2.25. The van der Waals surface area contributed by atoms with Crippen LogP contribution in [0.25, 0.3) is 0 Å². The van der Waals surface area contributed by atoms with Crippen LogP contribution in [0, 0.1) is 11.6 Å². The molecule has 0 spiro atoms. The molecule has 1 amide bonds. The molecular weight excluding hydrogens is 518 g/mol. The Hall–Kier alpha value is -3.54. The van der Waals surface area contributed by atoms with Crippen molar-refractivity contribution in [2.75, 3.05) is 56.1 Å². The Morgan fingerprint density at radius 2 is 1.87 bits per heavy atom. The van der Waals surface area contributed by atoms with E-state index < -0.39 is 17.7 Å². The fraction of sp³-hybridized carbons (Fsp3) is 0.346. The maximum Gasteiger partial charge on any atom is 0.413 e. The normalized spacial score (nSPS) is 14.3. The highest BCUT2D eigenvalue weighted by Gasteiger charge is 2.20. The Labute approximate surface area is 224 Å². The first kappa shape index (κ1) is 27.5. The lowest BCUT2D eigenvalue weighted by molar-refractivity contribution is 0.120. The summed E-state index contributed by atoms with van der Waals surface area (Å²) in [6.07, 6.45) is 0.0112. The predicted molar refractivity (Wildman–Crippen MR) is 141 cm³/mol. The van der Waals surface area contributed by atoms with E-state index in [1.165, 1.54) is 42.6 Å². The molecule has 0 aliphatic carbocycles. The lowest BCUT2D eigenvalue weighted by atomic mass is 10.2. The van der Waals surface area contributed by atoms with Gasteiger partial charge in [-0.15, -0.1) is 0 Å². The van der Waals surface area contributed by atoms with E-state index in [-0.39, 0.29) is 34.6 Å². The summed E-state index contributed by atoms with van der Waals surface area (Å²) in [5, 5.41) is 12.8. The van der Waals surface area contributed by atoms with Crippen molar-refractivity contribution in [1.29, 1.82) is 0 Å². The molecule has 0 radical (unpaired) electrons. The third-order valence-corrected chi connectivity index (χ3v) is 6.48. The summed E-state index contributed by atoms with van der Waals surface area (Å²) < 4.78 is 34.5. The van der Waals surface area contributed by atoms with Crippen molar-refractivity contribution in [3.63, 3.8) is 0 Å². The number of hydrogen-bond acceptors (Lipinski definition) is 7. The molecule has 4 rings (SSSR count). The van der Waals surface area contributed by atoms with E-state index >= 15 is 0 Å². The van der Waals surface area contributed by atoms with Crippen molar-refractivity contribution < 1.29 is 23.4 Å². The predicted octanol–water partition coefficient (Wildman–Crippen LogP) is 4.85. The van der Waals surface area contributed by atoms with Crippen LogP contribution in [-0.2, 0) is 6.54 Å². The Kier molecular flexibility index (Phi) is 9.27. The van der Waals surface area contributed by atoms with Crippen LogP contribution < -0.4 is 15.0 Å². The minimum absolute atomic E-state index is 0.00886. The average Bonchev–Trinajstić information content (AvgIpc) is 2.90. The molecule has 202 valence electrons. The lowest BCUT2D eigenvalue weighted by Crippen LogP contribution is -2.47. The molecular formula is C26H29ClF2N6O3. The third kappa shape index (κ3) is 7.27. The molecule has 1 aliphatic heterocycles. The molecule has 1 fully saturated rings. The van der Waals surface area contributed by atoms with Gasteiger partial charge in [-0.25, -0.2) is 18.6 Å². The van der Waals surface area contributed by atoms with Gasteiger partial charge in [0.25, 0.3) is 0 Å². The second kappa shape index (κ2) is 12.8. The number of rotatable bonds is 10. The Morgan fingerprint density at radius 3 is 2.58 bits per heavy atom. The molecule has 12 heteroatoms. The number of halogens is 3. The van der Waals surface area contributed by atoms with E-state index in [2.05, 4.69) is 32.0 Å². The zero-order chi connectivity index (χ0) is 27.1. The topological polar surface area (TPSA) is 94.1 Å². The smallest absolute Gasteiger partial charge is 0.413 e. The number of carbonyl (C=O) groups is 1. The molecule has 1 aliphatic rings. The van der Waals surface area contributed by atoms with Gasteiger partial charge >= 0.3 is 6.09 Å². The van der Waals surface area contributed by atoms with E-state index in [9.17, 15) is 18.7 Å². The van der Waals surface area contributed by atoms with E-state index in [1.807, 2.05) is 0 Å². The zero-order valence-corrected chi connectivity index (χ0v) is 21.7. The fourth-order valence-corrected chi connectivity index (χ4v) is 4.27. The van der Waals surface area contributed by atoms with Gasteiger partial charge in [0.15, 0.2) is 11.6 Å². The van der Waals surface area contributed by atoms with Crippen molar-refractivity contribution >= 4 is 35.1 Å². The summed E-state index contributed by atoms with van der Waals surface area (Å²) in [6, 6.07) is 9.66. The van der Waals surface area contributed by atoms with Gasteiger partial charge in [-0.2, -0.15) is 4.98 Å². The van der Waals surface area contributed by atoms with Gasteiger partial charge in [0, 0.05) is 61.3 Å². The quantitative estimate of drug-likeness (QED) is 0.373. The Bertz CT molecular complexity index is 1260. The van der Waals surface area contributed by atoms with Gasteiger partial charge in [0.05, 0.1) is 6.54 Å². The number of nitrogens with zero attached hydrogens (tertiary/aromatic N) is 5. The minimum Gasteiger partial charge on any atom is -0.489 e. The van der Waals surface area contributed by atoms with Gasteiger partial charge in [0.2, 0.25) is 5.95 Å². The number of anilines is 3. The fourth-order valence-electron chi connectivity index (χ4n) is 4.08. The summed E-state index contributed by atoms with van der Waals surface area (Å²) in [5.41, 5.74) is 0.444. The van der Waals surface area contributed by atoms with Crippen LogP contribution in [0.15, 0.2) is 48.7 Å². The van der Waals surface area contributed by atoms with Gasteiger partial charge < -0.3 is 20.1 Å². The largest absolute Gasteiger partial charge is 0.489 e. The van der Waals surface area contributed by atoms with Crippen LogP contribution in [0.3, 0.4) is 0 Å². The average molecular weight is 547 g/mol. The molecule has 0 unspecified atom stereocenters. The second-order valence-electron chi connectivity index (χ2n) is 8.74. The van der Waals surface area contributed by atoms with E-state index in [0.717, 1.165) is 44.2 Å². The Balaban J connectivity index is 1.37. The molecule has 2 aromatic carbocycles. The first-order valence-electron chi connectivity index (χ1n) is 12.2. The SMILES string of the molecule is CCN1CCN(CCOc2ccc(Nc3nccc(N(Cc4cc(Cl)ccc4F)C(=O)O)n3)cc2F)CC1. The van der Waals surface area contributed by atoms with Crippen LogP contribution in [-0.4, -0.2) is 76.8 Å². The van der Waals surface area contributed by atoms with Gasteiger partial charge in [-0.1, -0.05) is 18.5 Å². The standard InChI is InChI=1S/C26H29ClF2N6O3/c1-2-33-9-11-34(12-10-33)13-14-38-23-6-4-20(16-22(23)29)31-25-30-8-7-24(32-25)35(26(36)37)17-18-15-19(27)3-5-21(18)28/h3-8,15-16H,2,9-14,17H2,1H3,(H,36,37)(H,30,31,32). The molecule has 0 bridgehead atoms. The summed E-state index contributed by atoms with van der Waals surface area (Å²) in [4.78, 5) is 25.7. The summed E-state index contributed by atoms with van der Waals surface area (Å²) >= 11 is 5.93. The zero-order valence-electron chi connectivity index (χ0n) is 20.9. The molecule has 2 N–H and O–H groups in total. The molecule has 1 saturated heterocycles. The number of benzene rings is 2. The molecule has 0 atom stereocenters. The van der Waals surface area contributed by atoms with Crippen molar-refractivity contribution in [2.45, 2.75) is 13.5 Å². The third-order valence-electron chi connectivity index (χ3n) is 6.25. The van der Waals surface area contributed by atoms with Crippen LogP contribution in [0.1, 0.15) is 12.5 Å². The van der Waals surface area contributed by atoms with E-state index in [1.54, 1.807) is 6.07 Å². The first-order valence-corrected chi connectivity index (χ1v) is 12.6. The Morgan fingerprint density at radius 1 is 1.11 bits per heavy atom. The number of piperazine rings is 1. The van der Waals surface area contributed by atoms with E-state index in [4.69, 9.17) is 16.3 Å². The number of amides is 1. The lowest BCUT2D eigenvalue weighted by Gasteiger charge is -2.33. The molecule has 38 heavy (non-hydrogen) atoms. The molecule has 9 nitrogen and oxygen atoms in total. The molecule has 0 saturated carbocycles. The maximum atomic E-state index is 14.7.